The van der Waals surface area contributed by atoms with Crippen molar-refractivity contribution in [2.24, 2.45) is 4.99 Å². The fourth-order valence-electron chi connectivity index (χ4n) is 2.76. The van der Waals surface area contributed by atoms with E-state index in [1.54, 1.807) is 20.8 Å². The number of thiazole rings is 1. The molecule has 32 heavy (non-hydrogen) atoms. The zero-order valence-electron chi connectivity index (χ0n) is 19.2. The Labute approximate surface area is 192 Å². The van der Waals surface area contributed by atoms with Gasteiger partial charge in [-0.1, -0.05) is 12.2 Å². The Bertz CT molecular complexity index is 914. The molecule has 1 aromatic heterocycles. The Kier molecular flexibility index (Phi) is 9.01. The number of hydrogen-bond donors (Lipinski definition) is 2. The van der Waals surface area contributed by atoms with Gasteiger partial charge in [-0.25, -0.2) is 14.8 Å². The van der Waals surface area contributed by atoms with E-state index < -0.39 is 11.7 Å². The molecule has 2 heterocycles. The maximum atomic E-state index is 12.0. The quantitative estimate of drug-likeness (QED) is 0.450. The molecule has 1 aliphatic heterocycles. The van der Waals surface area contributed by atoms with Crippen molar-refractivity contribution in [2.75, 3.05) is 18.4 Å². The molecular formula is C22H31N5O4S. The van der Waals surface area contributed by atoms with E-state index >= 15 is 0 Å². The van der Waals surface area contributed by atoms with Gasteiger partial charge in [0, 0.05) is 18.0 Å². The van der Waals surface area contributed by atoms with Crippen LogP contribution in [-0.2, 0) is 20.7 Å². The number of hydrogen-bond acceptors (Lipinski definition) is 8. The molecule has 1 unspecified atom stereocenters. The second-order valence-electron chi connectivity index (χ2n) is 8.18. The highest BCUT2D eigenvalue weighted by atomic mass is 32.1. The third-order valence-electron chi connectivity index (χ3n) is 3.93. The second-order valence-corrected chi connectivity index (χ2v) is 9.04. The minimum Gasteiger partial charge on any atom is -0.492 e. The summed E-state index contributed by atoms with van der Waals surface area (Å²) in [5.41, 5.74) is 0.200. The first-order chi connectivity index (χ1) is 15.1. The molecule has 2 N–H and O–H groups in total. The Morgan fingerprint density at radius 2 is 2.22 bits per heavy atom. The van der Waals surface area contributed by atoms with E-state index in [2.05, 4.69) is 27.3 Å². The first-order valence-corrected chi connectivity index (χ1v) is 11.1. The lowest BCUT2D eigenvalue weighted by atomic mass is 10.2. The third-order valence-corrected chi connectivity index (χ3v) is 4.74. The molecule has 2 amide bonds. The van der Waals surface area contributed by atoms with Gasteiger partial charge in [-0.05, 0) is 47.4 Å². The minimum atomic E-state index is -0.642. The number of anilines is 1. The van der Waals surface area contributed by atoms with Crippen LogP contribution in [0.5, 0.6) is 0 Å². The molecule has 10 heteroatoms. The van der Waals surface area contributed by atoms with Crippen molar-refractivity contribution in [1.82, 2.24) is 15.2 Å². The monoisotopic (exact) mass is 461 g/mol. The van der Waals surface area contributed by atoms with Crippen LogP contribution in [0.25, 0.3) is 0 Å². The predicted molar refractivity (Wildman–Crippen MR) is 126 cm³/mol. The predicted octanol–water partition coefficient (Wildman–Crippen LogP) is 3.83. The fourth-order valence-corrected chi connectivity index (χ4v) is 3.50. The Morgan fingerprint density at radius 3 is 2.88 bits per heavy atom. The van der Waals surface area contributed by atoms with Crippen molar-refractivity contribution in [1.29, 1.82) is 0 Å². The number of allylic oxidation sites excluding steroid dienone is 4. The molecule has 1 atom stereocenters. The smallest absolute Gasteiger partial charge is 0.408 e. The van der Waals surface area contributed by atoms with Gasteiger partial charge in [-0.15, -0.1) is 11.3 Å². The number of rotatable bonds is 8. The van der Waals surface area contributed by atoms with E-state index in [9.17, 15) is 9.59 Å². The van der Waals surface area contributed by atoms with E-state index in [4.69, 9.17) is 9.47 Å². The molecule has 1 aromatic rings. The van der Waals surface area contributed by atoms with Gasteiger partial charge in [0.15, 0.2) is 5.13 Å². The number of nitrogens with one attached hydrogen (secondary N) is 2. The van der Waals surface area contributed by atoms with Crippen molar-refractivity contribution in [3.8, 4) is 0 Å². The van der Waals surface area contributed by atoms with Crippen LogP contribution in [-0.4, -0.2) is 53.4 Å². The van der Waals surface area contributed by atoms with Crippen LogP contribution in [0.1, 0.15) is 40.3 Å². The molecule has 2 rings (SSSR count). The lowest BCUT2D eigenvalue weighted by Gasteiger charge is -2.30. The van der Waals surface area contributed by atoms with Gasteiger partial charge in [0.1, 0.15) is 29.8 Å². The van der Waals surface area contributed by atoms with Crippen LogP contribution < -0.4 is 10.6 Å². The summed E-state index contributed by atoms with van der Waals surface area (Å²) in [6.07, 6.45) is 7.67. The summed E-state index contributed by atoms with van der Waals surface area (Å²) in [5, 5.41) is 7.41. The first-order valence-electron chi connectivity index (χ1n) is 10.2. The molecular weight excluding hydrogens is 430 g/mol. The maximum Gasteiger partial charge on any atom is 0.408 e. The Balaban J connectivity index is 1.82. The Morgan fingerprint density at radius 1 is 1.47 bits per heavy atom. The molecule has 9 nitrogen and oxygen atoms in total. The fraction of sp³-hybridized carbons (Fsp3) is 0.455. The average molecular weight is 462 g/mol. The zero-order chi connectivity index (χ0) is 23.7. The zero-order valence-corrected chi connectivity index (χ0v) is 20.0. The van der Waals surface area contributed by atoms with E-state index in [-0.39, 0.29) is 18.6 Å². The molecule has 0 bridgehead atoms. The second kappa shape index (κ2) is 11.5. The standard InChI is InChI=1S/C22H31N5O4S/c1-15-12-27(13-16(2)30-15)18(23-6)10-8-7-9-17-14-32-20(25-17)26-19(28)11-24-21(29)31-22(3,4)5/h7-8,10,12,14,16H,6,9,11,13H2,1-5H3,(H,24,29)(H,25,26,28)/b8-7-,18-10+. The molecule has 0 radical (unpaired) electrons. The van der Waals surface area contributed by atoms with E-state index in [1.807, 2.05) is 48.6 Å². The number of carbonyl (C=O) groups is 2. The highest BCUT2D eigenvalue weighted by Crippen LogP contribution is 2.19. The van der Waals surface area contributed by atoms with Crippen molar-refractivity contribution in [2.45, 2.75) is 52.7 Å². The van der Waals surface area contributed by atoms with Crippen LogP contribution in [0.4, 0.5) is 9.93 Å². The van der Waals surface area contributed by atoms with Crippen LogP contribution >= 0.6 is 11.3 Å². The number of aromatic nitrogens is 1. The van der Waals surface area contributed by atoms with E-state index in [0.29, 0.717) is 18.1 Å². The van der Waals surface area contributed by atoms with Crippen LogP contribution in [0.2, 0.25) is 0 Å². The first kappa shape index (κ1) is 25.1. The largest absolute Gasteiger partial charge is 0.492 e. The molecule has 0 aliphatic carbocycles. The summed E-state index contributed by atoms with van der Waals surface area (Å²) in [4.78, 5) is 34.1. The molecule has 0 aromatic carbocycles. The molecule has 174 valence electrons. The van der Waals surface area contributed by atoms with Gasteiger partial charge in [-0.2, -0.15) is 0 Å². The van der Waals surface area contributed by atoms with Crippen molar-refractivity contribution in [3.63, 3.8) is 0 Å². The van der Waals surface area contributed by atoms with Crippen molar-refractivity contribution in [3.05, 3.63) is 47.1 Å². The number of aliphatic imine (C=N–C) groups is 1. The topological polar surface area (TPSA) is 105 Å². The van der Waals surface area contributed by atoms with Gasteiger partial charge in [-0.3, -0.25) is 4.79 Å². The van der Waals surface area contributed by atoms with Crippen LogP contribution in [0.15, 0.2) is 46.4 Å². The molecule has 1 aliphatic rings. The maximum absolute atomic E-state index is 12.0. The molecule has 0 spiro atoms. The number of nitrogens with zero attached hydrogens (tertiary/aromatic N) is 3. The van der Waals surface area contributed by atoms with Gasteiger partial charge < -0.3 is 25.0 Å². The summed E-state index contributed by atoms with van der Waals surface area (Å²) >= 11 is 1.32. The van der Waals surface area contributed by atoms with Gasteiger partial charge in [0.05, 0.1) is 12.2 Å². The highest BCUT2D eigenvalue weighted by molar-refractivity contribution is 7.13. The van der Waals surface area contributed by atoms with Crippen molar-refractivity contribution >= 4 is 35.2 Å². The molecule has 0 fully saturated rings. The van der Waals surface area contributed by atoms with Crippen molar-refractivity contribution < 1.29 is 19.1 Å². The normalized spacial score (nSPS) is 16.9. The van der Waals surface area contributed by atoms with Gasteiger partial charge in [0.25, 0.3) is 0 Å². The molecule has 0 saturated carbocycles. The Hall–Kier alpha value is -3.14. The highest BCUT2D eigenvalue weighted by Gasteiger charge is 2.18. The minimum absolute atomic E-state index is 0.0807. The van der Waals surface area contributed by atoms with Crippen LogP contribution in [0, 0.1) is 0 Å². The van der Waals surface area contributed by atoms with E-state index in [0.717, 1.165) is 17.3 Å². The average Bonchev–Trinajstić information content (AvgIpc) is 3.11. The van der Waals surface area contributed by atoms with Gasteiger partial charge in [0.2, 0.25) is 5.91 Å². The molecule has 0 saturated heterocycles. The summed E-state index contributed by atoms with van der Waals surface area (Å²) in [7, 11) is 0. The SMILES string of the molecule is C=N/C(=C\C=C/Cc1csc(NC(=O)CNC(=O)OC(C)(C)C)n1)N1C=C(C)OC(C)C1. The van der Waals surface area contributed by atoms with Gasteiger partial charge >= 0.3 is 6.09 Å². The number of amides is 2. The summed E-state index contributed by atoms with van der Waals surface area (Å²) < 4.78 is 10.7. The summed E-state index contributed by atoms with van der Waals surface area (Å²) in [6.45, 7) is 13.3. The number of alkyl carbamates (subject to hydrolysis) is 1. The third kappa shape index (κ3) is 8.93. The number of ether oxygens (including phenoxy) is 2. The van der Waals surface area contributed by atoms with Crippen LogP contribution in [0.3, 0.4) is 0 Å². The summed E-state index contributed by atoms with van der Waals surface area (Å²) in [6, 6.07) is 0. The number of carbonyl (C=O) groups excluding carboxylic acids is 2. The summed E-state index contributed by atoms with van der Waals surface area (Å²) in [5.74, 6) is 1.19. The lowest BCUT2D eigenvalue weighted by Crippen LogP contribution is -2.37. The van der Waals surface area contributed by atoms with E-state index in [1.165, 1.54) is 11.3 Å². The lowest BCUT2D eigenvalue weighted by molar-refractivity contribution is -0.115.